The first kappa shape index (κ1) is 14.1. The summed E-state index contributed by atoms with van der Waals surface area (Å²) < 4.78 is 0. The topological polar surface area (TPSA) is 29.3 Å². The van der Waals surface area contributed by atoms with Crippen molar-refractivity contribution in [1.82, 2.24) is 4.90 Å². The van der Waals surface area contributed by atoms with E-state index >= 15 is 0 Å². The van der Waals surface area contributed by atoms with Crippen molar-refractivity contribution in [3.05, 3.63) is 12.2 Å². The molecule has 2 N–H and O–H groups in total. The smallest absolute Gasteiger partial charge is 0.0283 e. The molecule has 1 aliphatic heterocycles. The number of hydrogen-bond donors (Lipinski definition) is 1. The molecule has 2 rings (SSSR count). The maximum Gasteiger partial charge on any atom is 0.0283 e. The van der Waals surface area contributed by atoms with Gasteiger partial charge in [0.2, 0.25) is 0 Å². The van der Waals surface area contributed by atoms with Gasteiger partial charge in [-0.2, -0.15) is 0 Å². The Hall–Kier alpha value is -0.340. The Morgan fingerprint density at radius 3 is 2.44 bits per heavy atom. The van der Waals surface area contributed by atoms with Crippen LogP contribution in [-0.2, 0) is 0 Å². The van der Waals surface area contributed by atoms with E-state index < -0.39 is 0 Å². The van der Waals surface area contributed by atoms with Crippen LogP contribution in [-0.4, -0.2) is 29.6 Å². The predicted octanol–water partition coefficient (Wildman–Crippen LogP) is 3.18. The summed E-state index contributed by atoms with van der Waals surface area (Å²) in [5.41, 5.74) is 7.92. The minimum atomic E-state index is -0.00741. The van der Waals surface area contributed by atoms with Crippen molar-refractivity contribution in [1.29, 1.82) is 0 Å². The highest BCUT2D eigenvalue weighted by atomic mass is 15.2. The summed E-state index contributed by atoms with van der Waals surface area (Å²) in [6.45, 7) is 13.4. The van der Waals surface area contributed by atoms with Gasteiger partial charge in [0.15, 0.2) is 0 Å². The monoisotopic (exact) mass is 250 g/mol. The van der Waals surface area contributed by atoms with Crippen LogP contribution in [0.15, 0.2) is 12.2 Å². The van der Waals surface area contributed by atoms with Crippen LogP contribution in [0.4, 0.5) is 0 Å². The van der Waals surface area contributed by atoms with Crippen molar-refractivity contribution in [2.24, 2.45) is 17.6 Å². The maximum atomic E-state index is 6.58. The molecule has 104 valence electrons. The molecule has 0 unspecified atom stereocenters. The van der Waals surface area contributed by atoms with Crippen LogP contribution >= 0.6 is 0 Å². The summed E-state index contributed by atoms with van der Waals surface area (Å²) in [5.74, 6) is 1.58. The normalized spacial score (nSPS) is 39.8. The van der Waals surface area contributed by atoms with Crippen molar-refractivity contribution < 1.29 is 0 Å². The van der Waals surface area contributed by atoms with Gasteiger partial charge in [-0.15, -0.1) is 0 Å². The Morgan fingerprint density at radius 2 is 1.89 bits per heavy atom. The number of piperidine rings is 1. The van der Waals surface area contributed by atoms with E-state index in [0.29, 0.717) is 12.0 Å². The zero-order chi connectivity index (χ0) is 13.3. The molecule has 2 fully saturated rings. The quantitative estimate of drug-likeness (QED) is 0.763. The third-order valence-corrected chi connectivity index (χ3v) is 5.26. The van der Waals surface area contributed by atoms with Gasteiger partial charge in [0.1, 0.15) is 0 Å². The molecule has 0 aromatic rings. The number of rotatable bonds is 2. The lowest BCUT2D eigenvalue weighted by atomic mass is 9.71. The first-order valence-electron chi connectivity index (χ1n) is 7.58. The SMILES string of the molecule is C=C(C)[C@H]1CC[C@@](C)(N)[C@H](N2CCC(C)CC2)C1. The summed E-state index contributed by atoms with van der Waals surface area (Å²) in [5, 5.41) is 0. The summed E-state index contributed by atoms with van der Waals surface area (Å²) >= 11 is 0. The van der Waals surface area contributed by atoms with E-state index in [1.165, 1.54) is 44.3 Å². The fourth-order valence-electron chi connectivity index (χ4n) is 3.66. The van der Waals surface area contributed by atoms with Gasteiger partial charge < -0.3 is 5.73 Å². The molecule has 0 radical (unpaired) electrons. The van der Waals surface area contributed by atoms with Gasteiger partial charge in [0, 0.05) is 11.6 Å². The molecule has 2 nitrogen and oxygen atoms in total. The first-order valence-corrected chi connectivity index (χ1v) is 7.58. The highest BCUT2D eigenvalue weighted by molar-refractivity contribution is 5.07. The van der Waals surface area contributed by atoms with Gasteiger partial charge in [-0.05, 0) is 70.9 Å². The van der Waals surface area contributed by atoms with E-state index in [-0.39, 0.29) is 5.54 Å². The molecule has 1 heterocycles. The van der Waals surface area contributed by atoms with Crippen molar-refractivity contribution in [2.45, 2.75) is 64.5 Å². The van der Waals surface area contributed by atoms with Gasteiger partial charge in [-0.1, -0.05) is 19.1 Å². The van der Waals surface area contributed by atoms with Crippen molar-refractivity contribution in [3.63, 3.8) is 0 Å². The Labute approximate surface area is 113 Å². The first-order chi connectivity index (χ1) is 8.40. The van der Waals surface area contributed by atoms with Gasteiger partial charge in [0.05, 0.1) is 0 Å². The molecule has 0 aromatic heterocycles. The highest BCUT2D eigenvalue weighted by Crippen LogP contribution is 2.37. The van der Waals surface area contributed by atoms with Crippen LogP contribution in [0.1, 0.15) is 52.9 Å². The van der Waals surface area contributed by atoms with E-state index in [4.69, 9.17) is 5.73 Å². The van der Waals surface area contributed by atoms with Gasteiger partial charge in [0.25, 0.3) is 0 Å². The summed E-state index contributed by atoms with van der Waals surface area (Å²) in [4.78, 5) is 2.66. The molecule has 2 heteroatoms. The van der Waals surface area contributed by atoms with Crippen LogP contribution in [0.25, 0.3) is 0 Å². The minimum Gasteiger partial charge on any atom is -0.324 e. The standard InChI is InChI=1S/C16H30N2/c1-12(2)14-5-8-16(4,17)15(11-14)18-9-6-13(3)7-10-18/h13-15H,1,5-11,17H2,2-4H3/t14-,15+,16+/m0/s1. The third kappa shape index (κ3) is 2.97. The highest BCUT2D eigenvalue weighted by Gasteiger charge is 2.41. The van der Waals surface area contributed by atoms with Crippen molar-refractivity contribution >= 4 is 0 Å². The van der Waals surface area contributed by atoms with Crippen molar-refractivity contribution in [2.75, 3.05) is 13.1 Å². The second-order valence-corrected chi connectivity index (χ2v) is 7.06. The predicted molar refractivity (Wildman–Crippen MR) is 78.5 cm³/mol. The average molecular weight is 250 g/mol. The van der Waals surface area contributed by atoms with E-state index in [0.717, 1.165) is 12.3 Å². The largest absolute Gasteiger partial charge is 0.324 e. The molecule has 1 aliphatic carbocycles. The zero-order valence-corrected chi connectivity index (χ0v) is 12.4. The molecule has 3 atom stereocenters. The van der Waals surface area contributed by atoms with Crippen LogP contribution in [0.3, 0.4) is 0 Å². The Kier molecular flexibility index (Phi) is 4.18. The number of hydrogen-bond acceptors (Lipinski definition) is 2. The molecule has 0 bridgehead atoms. The Bertz CT molecular complexity index is 300. The van der Waals surface area contributed by atoms with Crippen LogP contribution in [0, 0.1) is 11.8 Å². The molecule has 0 aromatic carbocycles. The number of nitrogens with two attached hydrogens (primary N) is 1. The molecule has 0 amide bonds. The lowest BCUT2D eigenvalue weighted by Gasteiger charge is -2.49. The van der Waals surface area contributed by atoms with E-state index in [2.05, 4.69) is 32.3 Å². The summed E-state index contributed by atoms with van der Waals surface area (Å²) in [7, 11) is 0. The molecule has 1 saturated carbocycles. The average Bonchev–Trinajstić information content (AvgIpc) is 2.30. The lowest BCUT2D eigenvalue weighted by molar-refractivity contribution is 0.0486. The van der Waals surface area contributed by atoms with E-state index in [1.54, 1.807) is 0 Å². The molecule has 0 spiro atoms. The second kappa shape index (κ2) is 5.34. The van der Waals surface area contributed by atoms with Crippen LogP contribution in [0.5, 0.6) is 0 Å². The Morgan fingerprint density at radius 1 is 1.28 bits per heavy atom. The molecular weight excluding hydrogens is 220 g/mol. The zero-order valence-electron chi connectivity index (χ0n) is 12.4. The van der Waals surface area contributed by atoms with E-state index in [1.807, 2.05) is 0 Å². The van der Waals surface area contributed by atoms with Crippen LogP contribution < -0.4 is 5.73 Å². The molecule has 2 aliphatic rings. The lowest BCUT2D eigenvalue weighted by Crippen LogP contribution is -2.60. The number of nitrogens with zero attached hydrogens (tertiary/aromatic N) is 1. The van der Waals surface area contributed by atoms with Gasteiger partial charge in [-0.25, -0.2) is 0 Å². The minimum absolute atomic E-state index is 0.00741. The number of allylic oxidation sites excluding steroid dienone is 1. The Balaban J connectivity index is 2.04. The van der Waals surface area contributed by atoms with Crippen molar-refractivity contribution in [3.8, 4) is 0 Å². The fraction of sp³-hybridized carbons (Fsp3) is 0.875. The number of likely N-dealkylation sites (tertiary alicyclic amines) is 1. The molecular formula is C16H30N2. The molecule has 1 saturated heterocycles. The summed E-state index contributed by atoms with van der Waals surface area (Å²) in [6, 6.07) is 0.556. The van der Waals surface area contributed by atoms with E-state index in [9.17, 15) is 0 Å². The second-order valence-electron chi connectivity index (χ2n) is 7.06. The third-order valence-electron chi connectivity index (χ3n) is 5.26. The fourth-order valence-corrected chi connectivity index (χ4v) is 3.66. The van der Waals surface area contributed by atoms with Crippen LogP contribution in [0.2, 0.25) is 0 Å². The van der Waals surface area contributed by atoms with Gasteiger partial charge in [-0.3, -0.25) is 4.90 Å². The maximum absolute atomic E-state index is 6.58. The van der Waals surface area contributed by atoms with Gasteiger partial charge >= 0.3 is 0 Å². The summed E-state index contributed by atoms with van der Waals surface area (Å²) in [6.07, 6.45) is 6.26. The molecule has 18 heavy (non-hydrogen) atoms.